The van der Waals surface area contributed by atoms with E-state index >= 15 is 0 Å². The van der Waals surface area contributed by atoms with E-state index in [1.165, 1.54) is 0 Å². The van der Waals surface area contributed by atoms with E-state index < -0.39 is 6.10 Å². The van der Waals surface area contributed by atoms with Crippen LogP contribution in [0.25, 0.3) is 22.3 Å². The number of nitrogen functional groups attached to an aromatic ring is 1. The lowest BCUT2D eigenvalue weighted by atomic mass is 10.1. The van der Waals surface area contributed by atoms with Crippen LogP contribution in [-0.4, -0.2) is 25.0 Å². The molecule has 0 bridgehead atoms. The topological polar surface area (TPSA) is 97.8 Å². The smallest absolute Gasteiger partial charge is 0.159 e. The van der Waals surface area contributed by atoms with E-state index in [4.69, 9.17) is 5.73 Å². The van der Waals surface area contributed by atoms with Crippen molar-refractivity contribution in [3.05, 3.63) is 77.4 Å². The van der Waals surface area contributed by atoms with E-state index in [0.29, 0.717) is 22.9 Å². The van der Waals surface area contributed by atoms with Crippen LogP contribution >= 0.6 is 0 Å². The minimum Gasteiger partial charge on any atom is -0.382 e. The first-order valence-corrected chi connectivity index (χ1v) is 9.68. The van der Waals surface area contributed by atoms with E-state index in [0.717, 1.165) is 34.1 Å². The Hall–Kier alpha value is -3.82. The van der Waals surface area contributed by atoms with Crippen molar-refractivity contribution in [3.63, 3.8) is 0 Å². The van der Waals surface area contributed by atoms with Crippen LogP contribution in [0.5, 0.6) is 0 Å². The molecule has 0 fully saturated rings. The summed E-state index contributed by atoms with van der Waals surface area (Å²) in [7, 11) is 0. The molecule has 0 aliphatic heterocycles. The molecule has 6 nitrogen and oxygen atoms in total. The second-order valence-corrected chi connectivity index (χ2v) is 6.94. The lowest BCUT2D eigenvalue weighted by molar-refractivity contribution is 0.232. The number of hydrogen-bond acceptors (Lipinski definition) is 6. The molecule has 3 aromatic heterocycles. The molecule has 0 amide bonds. The molecule has 0 aliphatic carbocycles. The summed E-state index contributed by atoms with van der Waals surface area (Å²) in [6.45, 7) is 3.97. The SMILES string of the molecule is CCc1cccnc1[C@H](O)C#Cc1cccc(-c2ncc3c(C)cnc(N)c3n2)c1. The van der Waals surface area contributed by atoms with Gasteiger partial charge in [0.1, 0.15) is 11.3 Å². The molecular formula is C24H21N5O. The van der Waals surface area contributed by atoms with Gasteiger partial charge >= 0.3 is 0 Å². The predicted octanol–water partition coefficient (Wildman–Crippen LogP) is 3.62. The molecular weight excluding hydrogens is 374 g/mol. The molecule has 0 radical (unpaired) electrons. The highest BCUT2D eigenvalue weighted by Crippen LogP contribution is 2.24. The van der Waals surface area contributed by atoms with Gasteiger partial charge in [-0.2, -0.15) is 0 Å². The summed E-state index contributed by atoms with van der Waals surface area (Å²) in [6, 6.07) is 11.4. The van der Waals surface area contributed by atoms with Gasteiger partial charge in [-0.3, -0.25) is 4.98 Å². The summed E-state index contributed by atoms with van der Waals surface area (Å²) in [4.78, 5) is 17.6. The Balaban J connectivity index is 1.67. The summed E-state index contributed by atoms with van der Waals surface area (Å²) >= 11 is 0. The number of nitrogens with zero attached hydrogens (tertiary/aromatic N) is 4. The second kappa shape index (κ2) is 8.27. The summed E-state index contributed by atoms with van der Waals surface area (Å²) in [5, 5.41) is 11.4. The maximum absolute atomic E-state index is 10.5. The van der Waals surface area contributed by atoms with Crippen LogP contribution in [0, 0.1) is 18.8 Å². The highest BCUT2D eigenvalue weighted by molar-refractivity contribution is 5.90. The number of nitrogens with two attached hydrogens (primary N) is 1. The lowest BCUT2D eigenvalue weighted by Crippen LogP contribution is -2.02. The molecule has 1 aromatic carbocycles. The Bertz CT molecular complexity index is 1290. The molecule has 30 heavy (non-hydrogen) atoms. The average Bonchev–Trinajstić information content (AvgIpc) is 2.80. The zero-order valence-corrected chi connectivity index (χ0v) is 16.8. The molecule has 6 heteroatoms. The Morgan fingerprint density at radius 2 is 1.97 bits per heavy atom. The zero-order valence-electron chi connectivity index (χ0n) is 16.8. The molecule has 1 atom stereocenters. The van der Waals surface area contributed by atoms with Crippen LogP contribution in [0.4, 0.5) is 5.82 Å². The van der Waals surface area contributed by atoms with Gasteiger partial charge in [0.05, 0.1) is 5.69 Å². The van der Waals surface area contributed by atoms with E-state index in [-0.39, 0.29) is 0 Å². The normalized spacial score (nSPS) is 11.7. The third-order valence-electron chi connectivity index (χ3n) is 4.89. The first-order valence-electron chi connectivity index (χ1n) is 9.68. The van der Waals surface area contributed by atoms with Gasteiger partial charge in [0.25, 0.3) is 0 Å². The van der Waals surface area contributed by atoms with Crippen molar-refractivity contribution in [2.45, 2.75) is 26.4 Å². The van der Waals surface area contributed by atoms with Gasteiger partial charge in [0.15, 0.2) is 11.9 Å². The van der Waals surface area contributed by atoms with Crippen molar-refractivity contribution in [1.82, 2.24) is 19.9 Å². The maximum atomic E-state index is 10.5. The highest BCUT2D eigenvalue weighted by Gasteiger charge is 2.11. The van der Waals surface area contributed by atoms with Crippen molar-refractivity contribution >= 4 is 16.7 Å². The van der Waals surface area contributed by atoms with Crippen LogP contribution in [0.2, 0.25) is 0 Å². The number of pyridine rings is 2. The largest absolute Gasteiger partial charge is 0.382 e. The first-order chi connectivity index (χ1) is 14.6. The van der Waals surface area contributed by atoms with Gasteiger partial charge in [-0.05, 0) is 42.7 Å². The summed E-state index contributed by atoms with van der Waals surface area (Å²) < 4.78 is 0. The number of benzene rings is 1. The third kappa shape index (κ3) is 3.84. The van der Waals surface area contributed by atoms with Crippen LogP contribution < -0.4 is 5.73 Å². The highest BCUT2D eigenvalue weighted by atomic mass is 16.3. The Labute approximate surface area is 174 Å². The number of hydrogen-bond donors (Lipinski definition) is 2. The molecule has 3 heterocycles. The van der Waals surface area contributed by atoms with Gasteiger partial charge in [-0.25, -0.2) is 15.0 Å². The molecule has 0 unspecified atom stereocenters. The molecule has 3 N–H and O–H groups in total. The van der Waals surface area contributed by atoms with Gasteiger partial charge < -0.3 is 10.8 Å². The number of fused-ring (bicyclic) bond motifs is 1. The average molecular weight is 395 g/mol. The van der Waals surface area contributed by atoms with Crippen molar-refractivity contribution in [3.8, 4) is 23.2 Å². The van der Waals surface area contributed by atoms with Crippen molar-refractivity contribution in [2.75, 3.05) is 5.73 Å². The number of rotatable bonds is 3. The van der Waals surface area contributed by atoms with Crippen LogP contribution in [0.15, 0.2) is 55.0 Å². The predicted molar refractivity (Wildman–Crippen MR) is 117 cm³/mol. The fourth-order valence-corrected chi connectivity index (χ4v) is 3.25. The summed E-state index contributed by atoms with van der Waals surface area (Å²) in [5.74, 6) is 6.84. The van der Waals surface area contributed by atoms with Gasteiger partial charge in [0, 0.05) is 35.1 Å². The van der Waals surface area contributed by atoms with Crippen LogP contribution in [-0.2, 0) is 6.42 Å². The van der Waals surface area contributed by atoms with Crippen molar-refractivity contribution < 1.29 is 5.11 Å². The second-order valence-electron chi connectivity index (χ2n) is 6.94. The van der Waals surface area contributed by atoms with Crippen LogP contribution in [0.3, 0.4) is 0 Å². The molecule has 0 aliphatic rings. The van der Waals surface area contributed by atoms with Crippen molar-refractivity contribution in [2.24, 2.45) is 0 Å². The van der Waals surface area contributed by atoms with Gasteiger partial charge in [-0.1, -0.05) is 37.0 Å². The fraction of sp³-hybridized carbons (Fsp3) is 0.167. The number of aryl methyl sites for hydroxylation is 2. The minimum atomic E-state index is -0.949. The fourth-order valence-electron chi connectivity index (χ4n) is 3.25. The van der Waals surface area contributed by atoms with E-state index in [1.54, 1.807) is 18.6 Å². The van der Waals surface area contributed by atoms with Gasteiger partial charge in [0.2, 0.25) is 0 Å². The molecule has 4 aromatic rings. The van der Waals surface area contributed by atoms with E-state index in [2.05, 4.69) is 31.8 Å². The Kier molecular flexibility index (Phi) is 5.38. The van der Waals surface area contributed by atoms with E-state index in [9.17, 15) is 5.11 Å². The molecule has 148 valence electrons. The third-order valence-corrected chi connectivity index (χ3v) is 4.89. The minimum absolute atomic E-state index is 0.375. The standard InChI is InChI=1S/C24H21N5O/c1-3-17-8-5-11-26-21(17)20(30)10-9-16-6-4-7-18(12-16)24-28-14-19-15(2)13-27-23(25)22(19)29-24/h4-8,11-14,20,30H,3H2,1-2H3,(H2,25,27)/t20-/m1/s1. The van der Waals surface area contributed by atoms with Crippen molar-refractivity contribution in [1.29, 1.82) is 0 Å². The molecule has 0 saturated carbocycles. The lowest BCUT2D eigenvalue weighted by Gasteiger charge is -2.08. The van der Waals surface area contributed by atoms with Crippen LogP contribution in [0.1, 0.15) is 35.4 Å². The molecule has 4 rings (SSSR count). The number of aromatic nitrogens is 4. The summed E-state index contributed by atoms with van der Waals surface area (Å²) in [5.41, 5.74) is 10.8. The van der Waals surface area contributed by atoms with E-state index in [1.807, 2.05) is 50.2 Å². The zero-order chi connectivity index (χ0) is 21.1. The van der Waals surface area contributed by atoms with Gasteiger partial charge in [-0.15, -0.1) is 0 Å². The Morgan fingerprint density at radius 1 is 1.10 bits per heavy atom. The maximum Gasteiger partial charge on any atom is 0.159 e. The molecule has 0 spiro atoms. The number of anilines is 1. The molecule has 0 saturated heterocycles. The quantitative estimate of drug-likeness (QED) is 0.514. The number of aliphatic hydroxyl groups is 1. The summed E-state index contributed by atoms with van der Waals surface area (Å²) in [6.07, 6.45) is 4.98. The number of aliphatic hydroxyl groups excluding tert-OH is 1. The first kappa shape index (κ1) is 19.5. The Morgan fingerprint density at radius 3 is 2.80 bits per heavy atom. The monoisotopic (exact) mass is 395 g/mol.